The third-order valence-electron chi connectivity index (χ3n) is 17.8. The monoisotopic (exact) mass is 825 g/mol. The van der Waals surface area contributed by atoms with Gasteiger partial charge in [-0.25, -0.2) is 15.0 Å². The van der Waals surface area contributed by atoms with Gasteiger partial charge in [0.25, 0.3) is 0 Å². The summed E-state index contributed by atoms with van der Waals surface area (Å²) in [5, 5.41) is 0. The highest BCUT2D eigenvalue weighted by molar-refractivity contribution is 5.89. The van der Waals surface area contributed by atoms with E-state index in [-0.39, 0.29) is 5.41 Å². The van der Waals surface area contributed by atoms with Crippen molar-refractivity contribution in [2.75, 3.05) is 0 Å². The van der Waals surface area contributed by atoms with Gasteiger partial charge in [-0.2, -0.15) is 0 Å². The Morgan fingerprint density at radius 1 is 0.453 bits per heavy atom. The highest BCUT2D eigenvalue weighted by Crippen LogP contribution is 2.79. The molecule has 2 heterocycles. The molecule has 0 radical (unpaired) electrons. The van der Waals surface area contributed by atoms with E-state index in [9.17, 15) is 0 Å². The van der Waals surface area contributed by atoms with Crippen LogP contribution in [0.5, 0.6) is 11.5 Å². The Labute approximate surface area is 374 Å². The molecule has 4 nitrogen and oxygen atoms in total. The maximum Gasteiger partial charge on any atom is 0.164 e. The van der Waals surface area contributed by atoms with Gasteiger partial charge in [-0.05, 0) is 135 Å². The molecule has 64 heavy (non-hydrogen) atoms. The Morgan fingerprint density at radius 3 is 1.75 bits per heavy atom. The third kappa shape index (κ3) is 4.42. The van der Waals surface area contributed by atoms with Crippen LogP contribution in [0.2, 0.25) is 0 Å². The number of nitrogens with zero attached hydrogens (tertiary/aromatic N) is 3. The fourth-order valence-electron chi connectivity index (χ4n) is 15.3. The molecular weight excluding hydrogens is 779 g/mol. The second-order valence-electron chi connectivity index (χ2n) is 21.0. The summed E-state index contributed by atoms with van der Waals surface area (Å²) >= 11 is 0. The van der Waals surface area contributed by atoms with Crippen LogP contribution in [-0.2, 0) is 16.2 Å². The predicted molar refractivity (Wildman–Crippen MR) is 253 cm³/mol. The molecule has 7 aliphatic rings. The number of hydrogen-bond acceptors (Lipinski definition) is 4. The molecular formula is C60H47N3O. The maximum atomic E-state index is 6.94. The van der Waals surface area contributed by atoms with Crippen LogP contribution in [-0.4, -0.2) is 15.0 Å². The van der Waals surface area contributed by atoms with Crippen LogP contribution in [0.4, 0.5) is 0 Å². The average Bonchev–Trinajstić information content (AvgIpc) is 3.90. The fourth-order valence-corrected chi connectivity index (χ4v) is 15.3. The first-order valence-corrected chi connectivity index (χ1v) is 23.6. The third-order valence-corrected chi connectivity index (χ3v) is 17.8. The summed E-state index contributed by atoms with van der Waals surface area (Å²) in [6.45, 7) is 4.67. The number of hydrogen-bond donors (Lipinski definition) is 0. The Balaban J connectivity index is 0.889. The van der Waals surface area contributed by atoms with Crippen LogP contribution in [0.1, 0.15) is 91.3 Å². The van der Waals surface area contributed by atoms with Crippen LogP contribution >= 0.6 is 0 Å². The molecule has 0 saturated heterocycles. The van der Waals surface area contributed by atoms with Crippen molar-refractivity contribution >= 4 is 0 Å². The van der Waals surface area contributed by atoms with Crippen molar-refractivity contribution in [1.29, 1.82) is 0 Å². The molecule has 6 aliphatic carbocycles. The molecule has 1 aliphatic heterocycles. The summed E-state index contributed by atoms with van der Waals surface area (Å²) in [7, 11) is 0. The molecule has 4 heteroatoms. The van der Waals surface area contributed by atoms with Gasteiger partial charge in [-0.15, -0.1) is 0 Å². The van der Waals surface area contributed by atoms with Gasteiger partial charge in [0, 0.05) is 33.2 Å². The summed E-state index contributed by atoms with van der Waals surface area (Å²) in [4.78, 5) is 16.0. The van der Waals surface area contributed by atoms with Crippen molar-refractivity contribution < 1.29 is 4.74 Å². The van der Waals surface area contributed by atoms with Crippen molar-refractivity contribution in [3.05, 3.63) is 197 Å². The molecule has 7 aromatic carbocycles. The summed E-state index contributed by atoms with van der Waals surface area (Å²) in [5.41, 5.74) is 17.4. The molecule has 308 valence electrons. The number of benzene rings is 7. The Kier molecular flexibility index (Phi) is 6.77. The van der Waals surface area contributed by atoms with Gasteiger partial charge in [-0.3, -0.25) is 0 Å². The van der Waals surface area contributed by atoms with E-state index in [0.29, 0.717) is 28.3 Å². The van der Waals surface area contributed by atoms with Gasteiger partial charge >= 0.3 is 0 Å². The number of ether oxygens (including phenoxy) is 1. The van der Waals surface area contributed by atoms with E-state index in [1.807, 2.05) is 0 Å². The molecule has 1 aromatic heterocycles. The number of rotatable bonds is 4. The second kappa shape index (κ2) is 12.1. The largest absolute Gasteiger partial charge is 0.457 e. The fraction of sp³-hybridized carbons (Fsp3) is 0.250. The summed E-state index contributed by atoms with van der Waals surface area (Å²) in [6.07, 6.45) is 8.57. The Hall–Kier alpha value is -6.65. The maximum absolute atomic E-state index is 6.94. The lowest BCUT2D eigenvalue weighted by molar-refractivity contribution is -0.000160. The van der Waals surface area contributed by atoms with Gasteiger partial charge in [0.05, 0.1) is 5.41 Å². The highest BCUT2D eigenvalue weighted by Gasteiger charge is 2.71. The van der Waals surface area contributed by atoms with Gasteiger partial charge in [-0.1, -0.05) is 153 Å². The van der Waals surface area contributed by atoms with Crippen molar-refractivity contribution in [3.8, 4) is 67.9 Å². The zero-order chi connectivity index (χ0) is 42.2. The minimum absolute atomic E-state index is 0.146. The quantitative estimate of drug-likeness (QED) is 0.177. The van der Waals surface area contributed by atoms with Gasteiger partial charge in [0.15, 0.2) is 17.5 Å². The zero-order valence-electron chi connectivity index (χ0n) is 36.2. The number of para-hydroxylation sites is 1. The van der Waals surface area contributed by atoms with Crippen molar-refractivity contribution in [2.24, 2.45) is 23.2 Å². The number of aromatic nitrogens is 3. The molecule has 2 spiro atoms. The molecule has 4 saturated carbocycles. The molecule has 8 aromatic rings. The second-order valence-corrected chi connectivity index (χ2v) is 21.0. The first-order chi connectivity index (χ1) is 31.3. The summed E-state index contributed by atoms with van der Waals surface area (Å²) < 4.78 is 6.94. The Bertz CT molecular complexity index is 3300. The topological polar surface area (TPSA) is 47.9 Å². The normalized spacial score (nSPS) is 25.6. The van der Waals surface area contributed by atoms with E-state index >= 15 is 0 Å². The summed E-state index contributed by atoms with van der Waals surface area (Å²) in [6, 6.07) is 58.0. The molecule has 3 bridgehead atoms. The lowest BCUT2D eigenvalue weighted by Gasteiger charge is -2.49. The van der Waals surface area contributed by atoms with Crippen molar-refractivity contribution in [1.82, 2.24) is 15.0 Å². The lowest BCUT2D eigenvalue weighted by atomic mass is 9.55. The van der Waals surface area contributed by atoms with Gasteiger partial charge < -0.3 is 4.74 Å². The van der Waals surface area contributed by atoms with E-state index in [1.54, 1.807) is 0 Å². The molecule has 5 atom stereocenters. The van der Waals surface area contributed by atoms with E-state index in [0.717, 1.165) is 57.1 Å². The van der Waals surface area contributed by atoms with Crippen molar-refractivity contribution in [3.63, 3.8) is 0 Å². The smallest absolute Gasteiger partial charge is 0.164 e. The highest BCUT2D eigenvalue weighted by atomic mass is 16.5. The standard InChI is InChI=1S/C60H47N3O/c1-57(2)46-14-6-3-11-42(46)45-25-21-37(28-51(45)57)55-61-54(36-19-23-39(24-20-36)58-31-35-27-40-30-41(33-58)59(40,32-35)34-58)62-56(63-55)38-22-26-50-53(29-38)64-52-18-10-9-17-49(52)60(50)47-15-7-4-12-43(47)44-13-5-8-16-48(44)60/h3-26,28-29,35,40-41H,27,30-34H2,1-2H3/t35-,40?,41?,58?,59?/m0/s1. The van der Waals surface area contributed by atoms with E-state index in [2.05, 4.69) is 172 Å². The van der Waals surface area contributed by atoms with Gasteiger partial charge in [0.2, 0.25) is 0 Å². The first-order valence-electron chi connectivity index (χ1n) is 23.6. The molecule has 4 unspecified atom stereocenters. The lowest BCUT2D eigenvalue weighted by Crippen LogP contribution is -2.42. The van der Waals surface area contributed by atoms with Crippen molar-refractivity contribution in [2.45, 2.75) is 68.6 Å². The summed E-state index contributed by atoms with van der Waals surface area (Å²) in [5.74, 6) is 6.54. The molecule has 0 amide bonds. The first kappa shape index (κ1) is 35.8. The minimum atomic E-state index is -0.529. The minimum Gasteiger partial charge on any atom is -0.457 e. The van der Waals surface area contributed by atoms with Crippen LogP contribution in [0.25, 0.3) is 56.4 Å². The zero-order valence-corrected chi connectivity index (χ0v) is 36.2. The van der Waals surface area contributed by atoms with E-state index in [4.69, 9.17) is 19.7 Å². The molecule has 4 fully saturated rings. The SMILES string of the molecule is CC1(C)c2ccccc2-c2ccc(-c3nc(-c4ccc(C56CC7CC8C[C@@H](C5)CC87C6)cc4)nc(-c4ccc5c(c4)Oc4ccccc4C54c5ccccc5-c5ccccc54)n3)cc21. The van der Waals surface area contributed by atoms with Gasteiger partial charge in [0.1, 0.15) is 11.5 Å². The van der Waals surface area contributed by atoms with Crippen LogP contribution in [0.15, 0.2) is 158 Å². The van der Waals surface area contributed by atoms with E-state index in [1.165, 1.54) is 88.6 Å². The van der Waals surface area contributed by atoms with E-state index < -0.39 is 5.41 Å². The van der Waals surface area contributed by atoms with Crippen LogP contribution in [0.3, 0.4) is 0 Å². The number of fused-ring (bicyclic) bond motifs is 14. The Morgan fingerprint density at radius 2 is 1.02 bits per heavy atom. The molecule has 0 N–H and O–H groups in total. The molecule has 15 rings (SSSR count). The predicted octanol–water partition coefficient (Wildman–Crippen LogP) is 14.1. The van der Waals surface area contributed by atoms with Crippen LogP contribution in [0, 0.1) is 23.2 Å². The average molecular weight is 826 g/mol. The van der Waals surface area contributed by atoms with Crippen LogP contribution < -0.4 is 4.74 Å².